The lowest BCUT2D eigenvalue weighted by molar-refractivity contribution is 0.237. The predicted molar refractivity (Wildman–Crippen MR) is 132 cm³/mol. The molecule has 1 fully saturated rings. The maximum absolute atomic E-state index is 9.25. The van der Waals surface area contributed by atoms with Gasteiger partial charge < -0.3 is 0 Å². The van der Waals surface area contributed by atoms with Crippen LogP contribution >= 0.6 is 11.6 Å². The minimum absolute atomic E-state index is 0.459. The highest BCUT2D eigenvalue weighted by Gasteiger charge is 2.25. The first-order chi connectivity index (χ1) is 15.7. The summed E-state index contributed by atoms with van der Waals surface area (Å²) in [7, 11) is 0. The molecule has 3 aromatic rings. The Morgan fingerprint density at radius 2 is 1.72 bits per heavy atom. The summed E-state index contributed by atoms with van der Waals surface area (Å²) in [5.74, 6) is 1.55. The highest BCUT2D eigenvalue weighted by molar-refractivity contribution is 6.30. The summed E-state index contributed by atoms with van der Waals surface area (Å²) in [5.41, 5.74) is 5.50. The molecule has 0 radical (unpaired) electrons. The predicted octanol–water partition coefficient (Wildman–Crippen LogP) is 7.93. The van der Waals surface area contributed by atoms with Crippen molar-refractivity contribution in [2.24, 2.45) is 11.8 Å². The van der Waals surface area contributed by atoms with E-state index in [-0.39, 0.29) is 0 Å². The van der Waals surface area contributed by atoms with Crippen molar-refractivity contribution in [3.63, 3.8) is 0 Å². The average molecular weight is 446 g/mol. The Bertz CT molecular complexity index is 1060. The van der Waals surface area contributed by atoms with Crippen LogP contribution in [0.5, 0.6) is 0 Å². The van der Waals surface area contributed by atoms with Crippen LogP contribution in [0.25, 0.3) is 22.4 Å². The topological polar surface area (TPSA) is 41.6 Å². The summed E-state index contributed by atoms with van der Waals surface area (Å²) in [4.78, 5) is 0. The van der Waals surface area contributed by atoms with Gasteiger partial charge in [0.15, 0.2) is 0 Å². The number of benzene rings is 2. The summed E-state index contributed by atoms with van der Waals surface area (Å²) < 4.78 is 2.23. The number of aromatic nitrogens is 2. The van der Waals surface area contributed by atoms with Crippen LogP contribution in [0.4, 0.5) is 0 Å². The number of hydrogen-bond acceptors (Lipinski definition) is 2. The van der Waals surface area contributed by atoms with Crippen LogP contribution in [0.3, 0.4) is 0 Å². The summed E-state index contributed by atoms with van der Waals surface area (Å²) in [6, 6.07) is 20.8. The SMILES string of the molecule is CCCC1CCC(Cn2nc(CCC#N)c(-c3cccc(Cl)c3)c2-c2ccccc2)CC1. The van der Waals surface area contributed by atoms with E-state index in [0.29, 0.717) is 18.8 Å². The highest BCUT2D eigenvalue weighted by Crippen LogP contribution is 2.39. The van der Waals surface area contributed by atoms with Crippen molar-refractivity contribution in [1.29, 1.82) is 5.26 Å². The largest absolute Gasteiger partial charge is 0.264 e. The van der Waals surface area contributed by atoms with Gasteiger partial charge in [0.2, 0.25) is 0 Å². The smallest absolute Gasteiger partial charge is 0.0763 e. The first kappa shape index (κ1) is 22.6. The van der Waals surface area contributed by atoms with Crippen molar-refractivity contribution in [3.05, 3.63) is 65.3 Å². The molecule has 2 aromatic carbocycles. The normalized spacial score (nSPS) is 18.4. The second kappa shape index (κ2) is 10.8. The Morgan fingerprint density at radius 1 is 1.00 bits per heavy atom. The zero-order valence-corrected chi connectivity index (χ0v) is 19.7. The van der Waals surface area contributed by atoms with Crippen LogP contribution in [0.15, 0.2) is 54.6 Å². The quantitative estimate of drug-likeness (QED) is 0.353. The van der Waals surface area contributed by atoms with Crippen LogP contribution in [-0.4, -0.2) is 9.78 Å². The van der Waals surface area contributed by atoms with Crippen molar-refractivity contribution in [1.82, 2.24) is 9.78 Å². The van der Waals surface area contributed by atoms with E-state index in [0.717, 1.165) is 45.6 Å². The number of halogens is 1. The van der Waals surface area contributed by atoms with E-state index in [2.05, 4.69) is 54.1 Å². The van der Waals surface area contributed by atoms with Gasteiger partial charge in [-0.25, -0.2) is 0 Å². The van der Waals surface area contributed by atoms with Crippen molar-refractivity contribution >= 4 is 11.6 Å². The third kappa shape index (κ3) is 5.25. The maximum atomic E-state index is 9.25. The highest BCUT2D eigenvalue weighted by atomic mass is 35.5. The number of aryl methyl sites for hydroxylation is 1. The van der Waals surface area contributed by atoms with Crippen molar-refractivity contribution in [3.8, 4) is 28.5 Å². The summed E-state index contributed by atoms with van der Waals surface area (Å²) in [6.45, 7) is 3.23. The van der Waals surface area contributed by atoms with Gasteiger partial charge in [-0.3, -0.25) is 4.68 Å². The van der Waals surface area contributed by atoms with E-state index in [1.165, 1.54) is 38.5 Å². The van der Waals surface area contributed by atoms with Gasteiger partial charge in [0.05, 0.1) is 17.5 Å². The lowest BCUT2D eigenvalue weighted by atomic mass is 9.80. The molecule has 0 bridgehead atoms. The number of rotatable bonds is 8. The first-order valence-electron chi connectivity index (χ1n) is 12.0. The van der Waals surface area contributed by atoms with Gasteiger partial charge in [-0.1, -0.05) is 86.7 Å². The molecule has 0 aliphatic heterocycles. The Hall–Kier alpha value is -2.57. The molecule has 1 aliphatic rings. The fraction of sp³-hybridized carbons (Fsp3) is 0.429. The third-order valence-electron chi connectivity index (χ3n) is 6.75. The zero-order chi connectivity index (χ0) is 22.3. The van der Waals surface area contributed by atoms with Crippen molar-refractivity contribution < 1.29 is 0 Å². The average Bonchev–Trinajstić information content (AvgIpc) is 3.17. The van der Waals surface area contributed by atoms with Gasteiger partial charge in [0, 0.05) is 35.5 Å². The summed E-state index contributed by atoms with van der Waals surface area (Å²) in [6.07, 6.45) is 8.98. The molecule has 0 unspecified atom stereocenters. The van der Waals surface area contributed by atoms with Crippen molar-refractivity contribution in [2.45, 2.75) is 64.8 Å². The van der Waals surface area contributed by atoms with Gasteiger partial charge >= 0.3 is 0 Å². The van der Waals surface area contributed by atoms with E-state index in [1.54, 1.807) is 0 Å². The molecule has 4 heteroatoms. The van der Waals surface area contributed by atoms with Crippen LogP contribution < -0.4 is 0 Å². The van der Waals surface area contributed by atoms with E-state index in [9.17, 15) is 5.26 Å². The van der Waals surface area contributed by atoms with Gasteiger partial charge in [0.1, 0.15) is 0 Å². The van der Waals surface area contributed by atoms with Gasteiger partial charge in [-0.15, -0.1) is 0 Å². The minimum Gasteiger partial charge on any atom is -0.264 e. The monoisotopic (exact) mass is 445 g/mol. The van der Waals surface area contributed by atoms with E-state index >= 15 is 0 Å². The number of nitrogens with zero attached hydrogens (tertiary/aromatic N) is 3. The number of hydrogen-bond donors (Lipinski definition) is 0. The van der Waals surface area contributed by atoms with E-state index in [1.807, 2.05) is 18.2 Å². The Kier molecular flexibility index (Phi) is 7.66. The van der Waals surface area contributed by atoms with Crippen LogP contribution in [-0.2, 0) is 13.0 Å². The summed E-state index contributed by atoms with van der Waals surface area (Å²) in [5, 5.41) is 15.1. The molecule has 32 heavy (non-hydrogen) atoms. The van der Waals surface area contributed by atoms with Crippen LogP contribution in [0, 0.1) is 23.2 Å². The fourth-order valence-corrected chi connectivity index (χ4v) is 5.38. The molecule has 1 aromatic heterocycles. The van der Waals surface area contributed by atoms with Crippen molar-refractivity contribution in [2.75, 3.05) is 0 Å². The molecular formula is C28H32ClN3. The Balaban J connectivity index is 1.75. The van der Waals surface area contributed by atoms with E-state index < -0.39 is 0 Å². The molecule has 1 aliphatic carbocycles. The molecule has 0 spiro atoms. The Morgan fingerprint density at radius 3 is 2.41 bits per heavy atom. The molecule has 0 amide bonds. The fourth-order valence-electron chi connectivity index (χ4n) is 5.19. The molecule has 0 N–H and O–H groups in total. The molecule has 0 saturated heterocycles. The van der Waals surface area contributed by atoms with Gasteiger partial charge in [-0.2, -0.15) is 10.4 Å². The summed E-state index contributed by atoms with van der Waals surface area (Å²) >= 11 is 6.37. The molecule has 3 nitrogen and oxygen atoms in total. The lowest BCUT2D eigenvalue weighted by Crippen LogP contribution is -2.20. The van der Waals surface area contributed by atoms with Gasteiger partial charge in [0.25, 0.3) is 0 Å². The molecule has 0 atom stereocenters. The number of nitriles is 1. The molecule has 1 heterocycles. The zero-order valence-electron chi connectivity index (χ0n) is 18.9. The van der Waals surface area contributed by atoms with Gasteiger partial charge in [-0.05, 0) is 42.4 Å². The van der Waals surface area contributed by atoms with Crippen LogP contribution in [0.1, 0.15) is 57.6 Å². The maximum Gasteiger partial charge on any atom is 0.0763 e. The second-order valence-corrected chi connectivity index (χ2v) is 9.50. The van der Waals surface area contributed by atoms with E-state index in [4.69, 9.17) is 16.7 Å². The molecule has 4 rings (SSSR count). The lowest BCUT2D eigenvalue weighted by Gasteiger charge is -2.28. The first-order valence-corrected chi connectivity index (χ1v) is 12.3. The standard InChI is InChI=1S/C28H32ClN3/c1-2-8-21-14-16-22(17-15-21)20-32-28(23-9-4-3-5-10-23)27(26(31-32)13-7-18-30)24-11-6-12-25(29)19-24/h3-6,9-12,19,21-22H,2,7-8,13-17,20H2,1H3. The Labute approximate surface area is 197 Å². The molecular weight excluding hydrogens is 414 g/mol. The van der Waals surface area contributed by atoms with Crippen LogP contribution in [0.2, 0.25) is 5.02 Å². The minimum atomic E-state index is 0.459. The molecule has 166 valence electrons. The molecule has 1 saturated carbocycles. The second-order valence-electron chi connectivity index (χ2n) is 9.06. The third-order valence-corrected chi connectivity index (χ3v) is 6.99.